The zero-order valence-electron chi connectivity index (χ0n) is 13.1. The smallest absolute Gasteiger partial charge is 0.410 e. The number of unbranched alkanes of at least 4 members (excludes halogenated alkanes) is 2. The topological polar surface area (TPSA) is 38.3 Å². The molecule has 2 rings (SSSR count). The minimum Gasteiger partial charge on any atom is -0.410 e. The Bertz CT molecular complexity index is 439. The summed E-state index contributed by atoms with van der Waals surface area (Å²) in [4.78, 5) is 12.0. The minimum absolute atomic E-state index is 0.290. The second-order valence-corrected chi connectivity index (χ2v) is 5.93. The van der Waals surface area contributed by atoms with Gasteiger partial charge in [-0.2, -0.15) is 0 Å². The standard InChI is InChI=1S/C18H27NO2/c1-2-3-5-10-15-11-8-9-14-17(15)21-18(20)19-16-12-6-4-7-13-16/h8-9,11,14,16H,2-7,10,12-13H2,1H3,(H,19,20). The van der Waals surface area contributed by atoms with Gasteiger partial charge < -0.3 is 10.1 Å². The Kier molecular flexibility index (Phi) is 6.58. The van der Waals surface area contributed by atoms with E-state index in [4.69, 9.17) is 4.74 Å². The first-order valence-corrected chi connectivity index (χ1v) is 8.36. The number of carbonyl (C=O) groups excluding carboxylic acids is 1. The summed E-state index contributed by atoms with van der Waals surface area (Å²) in [5.74, 6) is 0.710. The average molecular weight is 289 g/mol. The van der Waals surface area contributed by atoms with Crippen molar-refractivity contribution in [1.82, 2.24) is 5.32 Å². The molecule has 0 saturated heterocycles. The summed E-state index contributed by atoms with van der Waals surface area (Å²) in [5.41, 5.74) is 1.13. The molecule has 0 heterocycles. The van der Waals surface area contributed by atoms with Crippen LogP contribution in [0.4, 0.5) is 4.79 Å². The summed E-state index contributed by atoms with van der Waals surface area (Å²) in [6.07, 6.45) is 10.1. The number of hydrogen-bond donors (Lipinski definition) is 1. The fourth-order valence-corrected chi connectivity index (χ4v) is 2.92. The lowest BCUT2D eigenvalue weighted by Crippen LogP contribution is -2.38. The van der Waals surface area contributed by atoms with E-state index in [0.29, 0.717) is 11.8 Å². The van der Waals surface area contributed by atoms with Gasteiger partial charge in [0.25, 0.3) is 0 Å². The lowest BCUT2D eigenvalue weighted by Gasteiger charge is -2.22. The van der Waals surface area contributed by atoms with Crippen molar-refractivity contribution in [3.63, 3.8) is 0 Å². The number of carbonyl (C=O) groups is 1. The van der Waals surface area contributed by atoms with Gasteiger partial charge in [0.15, 0.2) is 0 Å². The van der Waals surface area contributed by atoms with Crippen molar-refractivity contribution in [1.29, 1.82) is 0 Å². The molecule has 0 aromatic heterocycles. The quantitative estimate of drug-likeness (QED) is 0.761. The molecule has 1 fully saturated rings. The second kappa shape index (κ2) is 8.71. The van der Waals surface area contributed by atoms with Crippen LogP contribution in [0.5, 0.6) is 5.75 Å². The van der Waals surface area contributed by atoms with Gasteiger partial charge in [-0.05, 0) is 37.3 Å². The molecule has 0 spiro atoms. The Hall–Kier alpha value is -1.51. The van der Waals surface area contributed by atoms with Crippen LogP contribution in [-0.2, 0) is 6.42 Å². The van der Waals surface area contributed by atoms with Crippen molar-refractivity contribution in [2.45, 2.75) is 70.8 Å². The third-order valence-electron chi connectivity index (χ3n) is 4.15. The van der Waals surface area contributed by atoms with Crippen LogP contribution in [0, 0.1) is 0 Å². The second-order valence-electron chi connectivity index (χ2n) is 5.93. The van der Waals surface area contributed by atoms with E-state index in [2.05, 4.69) is 18.3 Å². The highest BCUT2D eigenvalue weighted by molar-refractivity contribution is 5.71. The third kappa shape index (κ3) is 5.41. The van der Waals surface area contributed by atoms with E-state index in [1.165, 1.54) is 32.1 Å². The van der Waals surface area contributed by atoms with Gasteiger partial charge in [-0.1, -0.05) is 57.2 Å². The Morgan fingerprint density at radius 2 is 1.95 bits per heavy atom. The van der Waals surface area contributed by atoms with Crippen LogP contribution in [0.1, 0.15) is 63.9 Å². The highest BCUT2D eigenvalue weighted by atomic mass is 16.6. The van der Waals surface area contributed by atoms with Gasteiger partial charge in [0.2, 0.25) is 0 Å². The van der Waals surface area contributed by atoms with Crippen LogP contribution in [0.2, 0.25) is 0 Å². The SMILES string of the molecule is CCCCCc1ccccc1OC(=O)NC1CCCCC1. The van der Waals surface area contributed by atoms with Crippen LogP contribution in [0.25, 0.3) is 0 Å². The number of hydrogen-bond acceptors (Lipinski definition) is 2. The van der Waals surface area contributed by atoms with Crippen molar-refractivity contribution >= 4 is 6.09 Å². The zero-order valence-corrected chi connectivity index (χ0v) is 13.1. The van der Waals surface area contributed by atoms with E-state index >= 15 is 0 Å². The fraction of sp³-hybridized carbons (Fsp3) is 0.611. The molecule has 0 bridgehead atoms. The lowest BCUT2D eigenvalue weighted by atomic mass is 9.96. The predicted octanol–water partition coefficient (Wildman–Crippen LogP) is 4.84. The molecule has 0 atom stereocenters. The molecule has 1 saturated carbocycles. The van der Waals surface area contributed by atoms with E-state index in [-0.39, 0.29) is 6.09 Å². The molecule has 1 aliphatic carbocycles. The fourth-order valence-electron chi connectivity index (χ4n) is 2.92. The number of para-hydroxylation sites is 1. The van der Waals surface area contributed by atoms with E-state index in [9.17, 15) is 4.79 Å². The van der Waals surface area contributed by atoms with Crippen molar-refractivity contribution in [2.75, 3.05) is 0 Å². The molecule has 0 unspecified atom stereocenters. The molecule has 0 aliphatic heterocycles. The van der Waals surface area contributed by atoms with Gasteiger partial charge in [-0.25, -0.2) is 4.79 Å². The monoisotopic (exact) mass is 289 g/mol. The predicted molar refractivity (Wildman–Crippen MR) is 85.7 cm³/mol. The molecule has 21 heavy (non-hydrogen) atoms. The Morgan fingerprint density at radius 1 is 1.19 bits per heavy atom. The maximum absolute atomic E-state index is 12.0. The number of aryl methyl sites for hydroxylation is 1. The first-order valence-electron chi connectivity index (χ1n) is 8.36. The Balaban J connectivity index is 1.87. The molecule has 3 heteroatoms. The first-order chi connectivity index (χ1) is 10.3. The molecular formula is C18H27NO2. The summed E-state index contributed by atoms with van der Waals surface area (Å²) in [6.45, 7) is 2.19. The van der Waals surface area contributed by atoms with Gasteiger partial charge in [0.1, 0.15) is 5.75 Å². The van der Waals surface area contributed by atoms with Crippen molar-refractivity contribution < 1.29 is 9.53 Å². The molecule has 1 aromatic carbocycles. The van der Waals surface area contributed by atoms with Crippen LogP contribution < -0.4 is 10.1 Å². The number of benzene rings is 1. The number of nitrogens with one attached hydrogen (secondary N) is 1. The normalized spacial score (nSPS) is 15.7. The molecule has 1 aromatic rings. The first kappa shape index (κ1) is 15.9. The summed E-state index contributed by atoms with van der Waals surface area (Å²) < 4.78 is 5.53. The maximum Gasteiger partial charge on any atom is 0.412 e. The number of rotatable bonds is 6. The number of ether oxygens (including phenoxy) is 1. The van der Waals surface area contributed by atoms with Crippen LogP contribution >= 0.6 is 0 Å². The minimum atomic E-state index is -0.301. The lowest BCUT2D eigenvalue weighted by molar-refractivity contribution is 0.191. The van der Waals surface area contributed by atoms with Crippen LogP contribution in [-0.4, -0.2) is 12.1 Å². The van der Waals surface area contributed by atoms with Gasteiger partial charge in [-0.15, -0.1) is 0 Å². The summed E-state index contributed by atoms with van der Waals surface area (Å²) in [6, 6.07) is 8.17. The Labute approximate surface area is 128 Å². The molecular weight excluding hydrogens is 262 g/mol. The van der Waals surface area contributed by atoms with E-state index in [1.807, 2.05) is 18.2 Å². The van der Waals surface area contributed by atoms with Gasteiger partial charge in [0.05, 0.1) is 0 Å². The van der Waals surface area contributed by atoms with Crippen molar-refractivity contribution in [2.24, 2.45) is 0 Å². The van der Waals surface area contributed by atoms with Gasteiger partial charge in [-0.3, -0.25) is 0 Å². The summed E-state index contributed by atoms with van der Waals surface area (Å²) in [7, 11) is 0. The molecule has 1 aliphatic rings. The van der Waals surface area contributed by atoms with E-state index in [1.54, 1.807) is 0 Å². The van der Waals surface area contributed by atoms with Crippen LogP contribution in [0.15, 0.2) is 24.3 Å². The van der Waals surface area contributed by atoms with Crippen LogP contribution in [0.3, 0.4) is 0 Å². The third-order valence-corrected chi connectivity index (χ3v) is 4.15. The number of amides is 1. The summed E-state index contributed by atoms with van der Waals surface area (Å²) >= 11 is 0. The molecule has 1 N–H and O–H groups in total. The van der Waals surface area contributed by atoms with E-state index in [0.717, 1.165) is 31.2 Å². The zero-order chi connectivity index (χ0) is 14.9. The highest BCUT2D eigenvalue weighted by Crippen LogP contribution is 2.21. The highest BCUT2D eigenvalue weighted by Gasteiger charge is 2.17. The van der Waals surface area contributed by atoms with E-state index < -0.39 is 0 Å². The Morgan fingerprint density at radius 3 is 2.71 bits per heavy atom. The molecule has 116 valence electrons. The molecule has 0 radical (unpaired) electrons. The van der Waals surface area contributed by atoms with Crippen molar-refractivity contribution in [3.05, 3.63) is 29.8 Å². The molecule has 1 amide bonds. The molecule has 3 nitrogen and oxygen atoms in total. The van der Waals surface area contributed by atoms with Crippen molar-refractivity contribution in [3.8, 4) is 5.75 Å². The van der Waals surface area contributed by atoms with Gasteiger partial charge in [0, 0.05) is 6.04 Å². The van der Waals surface area contributed by atoms with Gasteiger partial charge >= 0.3 is 6.09 Å². The summed E-state index contributed by atoms with van der Waals surface area (Å²) in [5, 5.41) is 3.00. The average Bonchev–Trinajstić information content (AvgIpc) is 2.50. The maximum atomic E-state index is 12.0. The largest absolute Gasteiger partial charge is 0.412 e.